The van der Waals surface area contributed by atoms with E-state index in [0.29, 0.717) is 51.4 Å². The Bertz CT molecular complexity index is 1240. The number of benzene rings is 3. The highest BCUT2D eigenvalue weighted by molar-refractivity contribution is 6.32. The van der Waals surface area contributed by atoms with Gasteiger partial charge in [-0.05, 0) is 61.0 Å². The first-order valence-electron chi connectivity index (χ1n) is 9.86. The Morgan fingerprint density at radius 2 is 2.00 bits per heavy atom. The molecule has 0 aliphatic carbocycles. The van der Waals surface area contributed by atoms with Crippen molar-refractivity contribution < 1.29 is 18.7 Å². The normalized spacial score (nSPS) is 10.8. The van der Waals surface area contributed by atoms with Crippen molar-refractivity contribution in [2.45, 2.75) is 13.3 Å². The van der Waals surface area contributed by atoms with Crippen molar-refractivity contribution in [3.63, 3.8) is 0 Å². The van der Waals surface area contributed by atoms with Crippen molar-refractivity contribution in [2.75, 3.05) is 19.0 Å². The Balaban J connectivity index is 1.54. The highest BCUT2D eigenvalue weighted by atomic mass is 35.5. The molecule has 0 saturated carbocycles. The van der Waals surface area contributed by atoms with Crippen LogP contribution < -0.4 is 14.8 Å². The zero-order chi connectivity index (χ0) is 21.8. The van der Waals surface area contributed by atoms with E-state index in [1.165, 1.54) is 0 Å². The van der Waals surface area contributed by atoms with Crippen LogP contribution in [0.25, 0.3) is 22.6 Å². The lowest BCUT2D eigenvalue weighted by atomic mass is 10.2. The number of hydrogen-bond donors (Lipinski definition) is 1. The minimum absolute atomic E-state index is 0.230. The summed E-state index contributed by atoms with van der Waals surface area (Å²) in [6.07, 6.45) is 0.902. The van der Waals surface area contributed by atoms with E-state index in [1.54, 1.807) is 55.6 Å². The highest BCUT2D eigenvalue weighted by Crippen LogP contribution is 2.32. The van der Waals surface area contributed by atoms with Crippen LogP contribution in [0.3, 0.4) is 0 Å². The van der Waals surface area contributed by atoms with E-state index in [1.807, 2.05) is 19.1 Å². The zero-order valence-corrected chi connectivity index (χ0v) is 17.9. The fraction of sp³-hybridized carbons (Fsp3) is 0.167. The number of ether oxygens (including phenoxy) is 2. The van der Waals surface area contributed by atoms with Crippen molar-refractivity contribution in [3.8, 4) is 23.0 Å². The first kappa shape index (κ1) is 20.8. The number of nitrogens with zero attached hydrogens (tertiary/aromatic N) is 1. The average Bonchev–Trinajstić information content (AvgIpc) is 3.21. The summed E-state index contributed by atoms with van der Waals surface area (Å²) in [5, 5.41) is 3.37. The molecule has 1 heterocycles. The Hall–Kier alpha value is -3.51. The molecule has 0 bridgehead atoms. The number of halogens is 1. The highest BCUT2D eigenvalue weighted by Gasteiger charge is 2.13. The standard InChI is InChI=1S/C24H21ClN2O4/c1-3-11-30-18-6-4-5-15(12-18)23(28)26-17-8-10-22-20(14-17)27-24(31-22)16-7-9-21(29-2)19(25)13-16/h4-10,12-14H,3,11H2,1-2H3,(H,26,28). The summed E-state index contributed by atoms with van der Waals surface area (Å²) in [7, 11) is 1.56. The molecule has 0 saturated heterocycles. The fourth-order valence-corrected chi connectivity index (χ4v) is 3.34. The second-order valence-electron chi connectivity index (χ2n) is 6.88. The first-order valence-corrected chi connectivity index (χ1v) is 10.2. The molecule has 1 amide bonds. The molecule has 0 fully saturated rings. The molecular weight excluding hydrogens is 416 g/mol. The Labute approximate surface area is 184 Å². The minimum atomic E-state index is -0.230. The number of hydrogen-bond acceptors (Lipinski definition) is 5. The summed E-state index contributed by atoms with van der Waals surface area (Å²) in [5.74, 6) is 1.45. The lowest BCUT2D eigenvalue weighted by molar-refractivity contribution is 0.102. The van der Waals surface area contributed by atoms with Crippen molar-refractivity contribution in [3.05, 3.63) is 71.2 Å². The zero-order valence-electron chi connectivity index (χ0n) is 17.1. The summed E-state index contributed by atoms with van der Waals surface area (Å²) in [6.45, 7) is 2.64. The van der Waals surface area contributed by atoms with Crippen molar-refractivity contribution in [1.29, 1.82) is 0 Å². The van der Waals surface area contributed by atoms with Gasteiger partial charge in [0.05, 0.1) is 18.7 Å². The largest absolute Gasteiger partial charge is 0.495 e. The smallest absolute Gasteiger partial charge is 0.255 e. The van der Waals surface area contributed by atoms with Gasteiger partial charge < -0.3 is 19.2 Å². The number of nitrogens with one attached hydrogen (secondary N) is 1. The summed E-state index contributed by atoms with van der Waals surface area (Å²) in [4.78, 5) is 17.2. The molecule has 0 aliphatic rings. The number of oxazole rings is 1. The Morgan fingerprint density at radius 1 is 1.13 bits per heavy atom. The van der Waals surface area contributed by atoms with Gasteiger partial charge in [-0.3, -0.25) is 4.79 Å². The number of rotatable bonds is 7. The number of methoxy groups -OCH3 is 1. The van der Waals surface area contributed by atoms with Crippen LogP contribution in [0.1, 0.15) is 23.7 Å². The first-order chi connectivity index (χ1) is 15.1. The summed E-state index contributed by atoms with van der Waals surface area (Å²) in [5.41, 5.74) is 3.10. The molecule has 3 aromatic carbocycles. The quantitative estimate of drug-likeness (QED) is 0.373. The number of fused-ring (bicyclic) bond motifs is 1. The van der Waals surface area contributed by atoms with E-state index in [2.05, 4.69) is 10.3 Å². The number of amides is 1. The van der Waals surface area contributed by atoms with Gasteiger partial charge in [-0.1, -0.05) is 24.6 Å². The topological polar surface area (TPSA) is 73.6 Å². The second-order valence-corrected chi connectivity index (χ2v) is 7.29. The third-order valence-electron chi connectivity index (χ3n) is 4.61. The predicted octanol–water partition coefficient (Wildman–Crippen LogP) is 6.20. The molecule has 1 N–H and O–H groups in total. The molecule has 0 radical (unpaired) electrons. The fourth-order valence-electron chi connectivity index (χ4n) is 3.08. The molecule has 0 atom stereocenters. The van der Waals surface area contributed by atoms with Crippen LogP contribution in [0.2, 0.25) is 5.02 Å². The van der Waals surface area contributed by atoms with Gasteiger partial charge in [0.1, 0.15) is 17.0 Å². The van der Waals surface area contributed by atoms with E-state index in [4.69, 9.17) is 25.5 Å². The molecule has 7 heteroatoms. The molecule has 6 nitrogen and oxygen atoms in total. The van der Waals surface area contributed by atoms with Gasteiger partial charge in [-0.15, -0.1) is 0 Å². The van der Waals surface area contributed by atoms with Crippen LogP contribution >= 0.6 is 11.6 Å². The minimum Gasteiger partial charge on any atom is -0.495 e. The summed E-state index contributed by atoms with van der Waals surface area (Å²) >= 11 is 6.21. The maximum atomic E-state index is 12.7. The second kappa shape index (κ2) is 9.10. The Morgan fingerprint density at radius 3 is 2.77 bits per heavy atom. The van der Waals surface area contributed by atoms with Crippen LogP contribution in [-0.4, -0.2) is 24.6 Å². The number of carbonyl (C=O) groups is 1. The van der Waals surface area contributed by atoms with Crippen LogP contribution in [-0.2, 0) is 0 Å². The number of anilines is 1. The molecule has 1 aromatic heterocycles. The Kier molecular flexibility index (Phi) is 6.09. The maximum absolute atomic E-state index is 12.7. The SMILES string of the molecule is CCCOc1cccc(C(=O)Nc2ccc3oc(-c4ccc(OC)c(Cl)c4)nc3c2)c1. The van der Waals surface area contributed by atoms with Crippen LogP contribution in [0, 0.1) is 0 Å². The van der Waals surface area contributed by atoms with Crippen LogP contribution in [0.4, 0.5) is 5.69 Å². The van der Waals surface area contributed by atoms with E-state index < -0.39 is 0 Å². The predicted molar refractivity (Wildman–Crippen MR) is 121 cm³/mol. The third kappa shape index (κ3) is 4.64. The van der Waals surface area contributed by atoms with Gasteiger partial charge in [0.2, 0.25) is 5.89 Å². The van der Waals surface area contributed by atoms with E-state index in [0.717, 1.165) is 12.0 Å². The van der Waals surface area contributed by atoms with E-state index in [-0.39, 0.29) is 5.91 Å². The molecular formula is C24H21ClN2O4. The average molecular weight is 437 g/mol. The monoisotopic (exact) mass is 436 g/mol. The molecule has 0 aliphatic heterocycles. The molecule has 0 unspecified atom stereocenters. The van der Waals surface area contributed by atoms with Crippen LogP contribution in [0.5, 0.6) is 11.5 Å². The molecule has 31 heavy (non-hydrogen) atoms. The van der Waals surface area contributed by atoms with Gasteiger partial charge >= 0.3 is 0 Å². The lowest BCUT2D eigenvalue weighted by Crippen LogP contribution is -2.12. The number of aromatic nitrogens is 1. The van der Waals surface area contributed by atoms with Crippen molar-refractivity contribution in [1.82, 2.24) is 4.98 Å². The molecule has 0 spiro atoms. The van der Waals surface area contributed by atoms with Gasteiger partial charge in [0.15, 0.2) is 5.58 Å². The summed E-state index contributed by atoms with van der Waals surface area (Å²) < 4.78 is 16.6. The van der Waals surface area contributed by atoms with E-state index >= 15 is 0 Å². The third-order valence-corrected chi connectivity index (χ3v) is 4.91. The number of carbonyl (C=O) groups excluding carboxylic acids is 1. The van der Waals surface area contributed by atoms with Gasteiger partial charge in [-0.25, -0.2) is 4.98 Å². The summed E-state index contributed by atoms with van der Waals surface area (Å²) in [6, 6.07) is 17.7. The molecule has 4 aromatic rings. The lowest BCUT2D eigenvalue weighted by Gasteiger charge is -2.08. The van der Waals surface area contributed by atoms with Gasteiger partial charge in [-0.2, -0.15) is 0 Å². The molecule has 158 valence electrons. The van der Waals surface area contributed by atoms with Gasteiger partial charge in [0, 0.05) is 16.8 Å². The molecule has 4 rings (SSSR count). The maximum Gasteiger partial charge on any atom is 0.255 e. The van der Waals surface area contributed by atoms with Crippen molar-refractivity contribution in [2.24, 2.45) is 0 Å². The van der Waals surface area contributed by atoms with E-state index in [9.17, 15) is 4.79 Å². The van der Waals surface area contributed by atoms with Crippen molar-refractivity contribution >= 4 is 34.3 Å². The van der Waals surface area contributed by atoms with Gasteiger partial charge in [0.25, 0.3) is 5.91 Å². The van der Waals surface area contributed by atoms with Crippen LogP contribution in [0.15, 0.2) is 65.1 Å².